The highest BCUT2D eigenvalue weighted by Gasteiger charge is 2.36. The van der Waals surface area contributed by atoms with Crippen LogP contribution in [0.2, 0.25) is 0 Å². The van der Waals surface area contributed by atoms with Gasteiger partial charge in [-0.05, 0) is 12.8 Å². The Morgan fingerprint density at radius 3 is 2.63 bits per heavy atom. The van der Waals surface area contributed by atoms with Gasteiger partial charge in [-0.2, -0.15) is 0 Å². The third kappa shape index (κ3) is 3.91. The van der Waals surface area contributed by atoms with Crippen LogP contribution in [0.25, 0.3) is 0 Å². The maximum atomic E-state index is 12.0. The van der Waals surface area contributed by atoms with Crippen molar-refractivity contribution in [2.45, 2.75) is 56.1 Å². The van der Waals surface area contributed by atoms with Crippen LogP contribution in [0, 0.1) is 0 Å². The molecule has 0 aromatic carbocycles. The van der Waals surface area contributed by atoms with Crippen LogP contribution in [0.1, 0.15) is 44.9 Å². The van der Waals surface area contributed by atoms with Crippen molar-refractivity contribution < 1.29 is 14.3 Å². The van der Waals surface area contributed by atoms with Crippen molar-refractivity contribution >= 4 is 5.91 Å². The number of methoxy groups -OCH3 is 1. The quantitative estimate of drug-likeness (QED) is 0.780. The molecule has 19 heavy (non-hydrogen) atoms. The van der Waals surface area contributed by atoms with Gasteiger partial charge in [0.15, 0.2) is 0 Å². The van der Waals surface area contributed by atoms with E-state index in [1.807, 2.05) is 0 Å². The van der Waals surface area contributed by atoms with E-state index in [-0.39, 0.29) is 17.0 Å². The molecule has 0 spiro atoms. The molecule has 2 rings (SSSR count). The number of carbonyl (C=O) groups excluding carboxylic acids is 1. The summed E-state index contributed by atoms with van der Waals surface area (Å²) in [6, 6.07) is 0. The second-order valence-electron chi connectivity index (χ2n) is 6.07. The van der Waals surface area contributed by atoms with Gasteiger partial charge in [0.2, 0.25) is 5.91 Å². The molecule has 0 radical (unpaired) electrons. The van der Waals surface area contributed by atoms with Crippen molar-refractivity contribution in [1.82, 2.24) is 5.32 Å². The predicted octanol–water partition coefficient (Wildman–Crippen LogP) is 0.960. The first-order valence-electron chi connectivity index (χ1n) is 7.26. The van der Waals surface area contributed by atoms with E-state index in [0.717, 1.165) is 32.1 Å². The summed E-state index contributed by atoms with van der Waals surface area (Å²) in [5, 5.41) is 2.96. The molecule has 1 aliphatic heterocycles. The van der Waals surface area contributed by atoms with Crippen molar-refractivity contribution in [2.75, 3.05) is 26.9 Å². The Kier molecular flexibility index (Phi) is 4.81. The lowest BCUT2D eigenvalue weighted by molar-refractivity contribution is -0.124. The minimum atomic E-state index is -0.343. The molecule has 1 saturated carbocycles. The molecule has 0 aromatic rings. The largest absolute Gasteiger partial charge is 0.378 e. The van der Waals surface area contributed by atoms with Gasteiger partial charge in [0, 0.05) is 38.6 Å². The maximum absolute atomic E-state index is 12.0. The van der Waals surface area contributed by atoms with Gasteiger partial charge in [-0.3, -0.25) is 4.79 Å². The highest BCUT2D eigenvalue weighted by Crippen LogP contribution is 2.28. The summed E-state index contributed by atoms with van der Waals surface area (Å²) in [4.78, 5) is 12.0. The normalized spacial score (nSPS) is 30.2. The van der Waals surface area contributed by atoms with E-state index < -0.39 is 0 Å². The number of hydrogen-bond acceptors (Lipinski definition) is 4. The third-order valence-electron chi connectivity index (χ3n) is 4.47. The van der Waals surface area contributed by atoms with Crippen LogP contribution in [0.3, 0.4) is 0 Å². The monoisotopic (exact) mass is 270 g/mol. The molecular weight excluding hydrogens is 244 g/mol. The van der Waals surface area contributed by atoms with E-state index in [9.17, 15) is 4.79 Å². The van der Waals surface area contributed by atoms with Gasteiger partial charge in [0.05, 0.1) is 6.61 Å². The Bertz CT molecular complexity index is 308. The van der Waals surface area contributed by atoms with Crippen LogP contribution in [0.5, 0.6) is 0 Å². The Morgan fingerprint density at radius 1 is 1.32 bits per heavy atom. The van der Waals surface area contributed by atoms with Gasteiger partial charge < -0.3 is 20.5 Å². The van der Waals surface area contributed by atoms with Crippen molar-refractivity contribution in [1.29, 1.82) is 0 Å². The van der Waals surface area contributed by atoms with E-state index in [1.54, 1.807) is 7.11 Å². The molecule has 110 valence electrons. The summed E-state index contributed by atoms with van der Waals surface area (Å²) in [5.74, 6) is 0.0349. The van der Waals surface area contributed by atoms with Crippen molar-refractivity contribution in [3.8, 4) is 0 Å². The summed E-state index contributed by atoms with van der Waals surface area (Å²) in [5.41, 5.74) is 5.65. The zero-order valence-electron chi connectivity index (χ0n) is 11.9. The molecule has 1 aliphatic carbocycles. The predicted molar refractivity (Wildman–Crippen MR) is 72.8 cm³/mol. The van der Waals surface area contributed by atoms with E-state index >= 15 is 0 Å². The lowest BCUT2D eigenvalue weighted by Crippen LogP contribution is -2.49. The average molecular weight is 270 g/mol. The first-order chi connectivity index (χ1) is 9.08. The molecule has 5 nitrogen and oxygen atoms in total. The summed E-state index contributed by atoms with van der Waals surface area (Å²) >= 11 is 0. The molecule has 3 N–H and O–H groups in total. The van der Waals surface area contributed by atoms with E-state index in [0.29, 0.717) is 26.2 Å². The second-order valence-corrected chi connectivity index (χ2v) is 6.07. The van der Waals surface area contributed by atoms with E-state index in [1.165, 1.54) is 6.42 Å². The Labute approximate surface area is 115 Å². The SMILES string of the molecule is COC1(CNC(=O)CC2(N)CCCCC2)CCOC1. The minimum absolute atomic E-state index is 0.0349. The third-order valence-corrected chi connectivity index (χ3v) is 4.47. The fourth-order valence-electron chi connectivity index (χ4n) is 3.04. The number of amides is 1. The number of hydrogen-bond donors (Lipinski definition) is 2. The van der Waals surface area contributed by atoms with Crippen molar-refractivity contribution in [3.63, 3.8) is 0 Å². The molecule has 1 heterocycles. The number of rotatable bonds is 5. The number of carbonyl (C=O) groups is 1. The van der Waals surface area contributed by atoms with Crippen LogP contribution in [-0.2, 0) is 14.3 Å². The van der Waals surface area contributed by atoms with Crippen LogP contribution >= 0.6 is 0 Å². The molecule has 1 atom stereocenters. The Hall–Kier alpha value is -0.650. The van der Waals surface area contributed by atoms with Gasteiger partial charge in [-0.15, -0.1) is 0 Å². The minimum Gasteiger partial charge on any atom is -0.378 e. The van der Waals surface area contributed by atoms with E-state index in [2.05, 4.69) is 5.32 Å². The second kappa shape index (κ2) is 6.20. The zero-order valence-corrected chi connectivity index (χ0v) is 11.9. The average Bonchev–Trinajstić information content (AvgIpc) is 2.86. The molecule has 5 heteroatoms. The van der Waals surface area contributed by atoms with Crippen LogP contribution in [0.4, 0.5) is 0 Å². The summed E-state index contributed by atoms with van der Waals surface area (Å²) in [7, 11) is 1.67. The Balaban J connectivity index is 1.77. The summed E-state index contributed by atoms with van der Waals surface area (Å²) in [6.45, 7) is 1.76. The first-order valence-corrected chi connectivity index (χ1v) is 7.26. The van der Waals surface area contributed by atoms with Crippen LogP contribution < -0.4 is 11.1 Å². The standard InChI is InChI=1S/C14H26N2O3/c1-18-14(7-8-19-11-14)10-16-12(17)9-13(15)5-3-2-4-6-13/h2-11,15H2,1H3,(H,16,17). The fraction of sp³-hybridized carbons (Fsp3) is 0.929. The zero-order chi connectivity index (χ0) is 13.8. The molecule has 1 amide bonds. The van der Waals surface area contributed by atoms with Crippen LogP contribution in [-0.4, -0.2) is 43.9 Å². The van der Waals surface area contributed by atoms with Gasteiger partial charge in [0.25, 0.3) is 0 Å². The number of nitrogens with two attached hydrogens (primary N) is 1. The lowest BCUT2D eigenvalue weighted by atomic mass is 9.80. The topological polar surface area (TPSA) is 73.6 Å². The van der Waals surface area contributed by atoms with Crippen LogP contribution in [0.15, 0.2) is 0 Å². The van der Waals surface area contributed by atoms with Gasteiger partial charge >= 0.3 is 0 Å². The van der Waals surface area contributed by atoms with Crippen molar-refractivity contribution in [3.05, 3.63) is 0 Å². The molecular formula is C14H26N2O3. The summed E-state index contributed by atoms with van der Waals surface area (Å²) < 4.78 is 10.8. The highest BCUT2D eigenvalue weighted by molar-refractivity contribution is 5.77. The highest BCUT2D eigenvalue weighted by atomic mass is 16.5. The van der Waals surface area contributed by atoms with E-state index in [4.69, 9.17) is 15.2 Å². The fourth-order valence-corrected chi connectivity index (χ4v) is 3.04. The summed E-state index contributed by atoms with van der Waals surface area (Å²) in [6.07, 6.45) is 6.69. The molecule has 0 aromatic heterocycles. The number of nitrogens with one attached hydrogen (secondary N) is 1. The van der Waals surface area contributed by atoms with Gasteiger partial charge in [-0.25, -0.2) is 0 Å². The smallest absolute Gasteiger partial charge is 0.221 e. The van der Waals surface area contributed by atoms with Gasteiger partial charge in [-0.1, -0.05) is 19.3 Å². The lowest BCUT2D eigenvalue weighted by Gasteiger charge is -2.33. The Morgan fingerprint density at radius 2 is 2.05 bits per heavy atom. The first kappa shape index (κ1) is 14.8. The molecule has 2 fully saturated rings. The number of ether oxygens (including phenoxy) is 2. The maximum Gasteiger partial charge on any atom is 0.221 e. The molecule has 0 bridgehead atoms. The molecule has 1 saturated heterocycles. The van der Waals surface area contributed by atoms with Crippen molar-refractivity contribution in [2.24, 2.45) is 5.73 Å². The van der Waals surface area contributed by atoms with Gasteiger partial charge in [0.1, 0.15) is 5.60 Å². The molecule has 2 aliphatic rings. The molecule has 1 unspecified atom stereocenters.